The van der Waals surface area contributed by atoms with E-state index < -0.39 is 54.9 Å². The minimum absolute atomic E-state index is 0.0845. The summed E-state index contributed by atoms with van der Waals surface area (Å²) in [5.41, 5.74) is 6.12. The van der Waals surface area contributed by atoms with Crippen LogP contribution in [0, 0.1) is 5.92 Å². The van der Waals surface area contributed by atoms with Gasteiger partial charge in [-0.1, -0.05) is 44.2 Å². The molecule has 33 heavy (non-hydrogen) atoms. The number of carbonyl (C=O) groups excluding carboxylic acids is 5. The first kappa shape index (κ1) is 27.7. The number of hydrogen-bond donors (Lipinski definition) is 6. The van der Waals surface area contributed by atoms with E-state index in [4.69, 9.17) is 10.8 Å². The SMILES string of the molecule is CC(C)C[C@H](NC(=O)CN)C(=O)N[C@@H](Cc1ccccc1)C(=O)NCC(=O)N[C@H](C=O)CO. The zero-order valence-electron chi connectivity index (χ0n) is 18.9. The molecule has 0 saturated heterocycles. The molecule has 3 atom stereocenters. The number of aliphatic hydroxyl groups is 1. The predicted octanol–water partition coefficient (Wildman–Crippen LogP) is -2.00. The third kappa shape index (κ3) is 10.7. The van der Waals surface area contributed by atoms with E-state index in [1.807, 2.05) is 19.9 Å². The summed E-state index contributed by atoms with van der Waals surface area (Å²) >= 11 is 0. The molecule has 1 aromatic carbocycles. The second-order valence-electron chi connectivity index (χ2n) is 7.92. The standard InChI is InChI=1S/C22H33N5O6/c1-14(2)8-17(26-19(30)10-23)22(33)27-18(9-15-6-4-3-5-7-15)21(32)24-11-20(31)25-16(12-28)13-29/h3-7,12,14,16-18,29H,8-11,13,23H2,1-2H3,(H,24,32)(H,25,31)(H,26,30)(H,27,33)/t16-,17+,18+/m1/s1. The van der Waals surface area contributed by atoms with Gasteiger partial charge in [0, 0.05) is 6.42 Å². The smallest absolute Gasteiger partial charge is 0.243 e. The molecule has 0 fully saturated rings. The molecule has 0 heterocycles. The molecule has 0 aliphatic rings. The van der Waals surface area contributed by atoms with Gasteiger partial charge in [0.05, 0.1) is 19.7 Å². The number of aldehydes is 1. The second kappa shape index (κ2) is 14.7. The maximum Gasteiger partial charge on any atom is 0.243 e. The van der Waals surface area contributed by atoms with Crippen LogP contribution >= 0.6 is 0 Å². The summed E-state index contributed by atoms with van der Waals surface area (Å²) < 4.78 is 0. The summed E-state index contributed by atoms with van der Waals surface area (Å²) in [6, 6.07) is 5.98. The third-order valence-corrected chi connectivity index (χ3v) is 4.59. The molecule has 0 spiro atoms. The van der Waals surface area contributed by atoms with E-state index >= 15 is 0 Å². The van der Waals surface area contributed by atoms with Crippen molar-refractivity contribution in [2.45, 2.75) is 44.8 Å². The maximum absolute atomic E-state index is 12.9. The average Bonchev–Trinajstić information content (AvgIpc) is 2.80. The average molecular weight is 464 g/mol. The second-order valence-corrected chi connectivity index (χ2v) is 7.92. The van der Waals surface area contributed by atoms with Crippen molar-refractivity contribution >= 4 is 29.9 Å². The minimum atomic E-state index is -1.07. The first-order valence-corrected chi connectivity index (χ1v) is 10.7. The Bertz CT molecular complexity index is 802. The number of amides is 4. The molecule has 0 radical (unpaired) electrons. The van der Waals surface area contributed by atoms with Crippen LogP contribution in [0.3, 0.4) is 0 Å². The van der Waals surface area contributed by atoms with Crippen molar-refractivity contribution in [3.8, 4) is 0 Å². The van der Waals surface area contributed by atoms with Crippen molar-refractivity contribution in [2.24, 2.45) is 11.7 Å². The summed E-state index contributed by atoms with van der Waals surface area (Å²) in [7, 11) is 0. The van der Waals surface area contributed by atoms with Gasteiger partial charge in [0.25, 0.3) is 0 Å². The fraction of sp³-hybridized carbons (Fsp3) is 0.500. The van der Waals surface area contributed by atoms with Gasteiger partial charge in [0.2, 0.25) is 23.6 Å². The van der Waals surface area contributed by atoms with E-state index in [2.05, 4.69) is 21.3 Å². The van der Waals surface area contributed by atoms with Crippen molar-refractivity contribution in [2.75, 3.05) is 19.7 Å². The van der Waals surface area contributed by atoms with Gasteiger partial charge in [0.15, 0.2) is 0 Å². The lowest BCUT2D eigenvalue weighted by molar-refractivity contribution is -0.133. The molecular weight excluding hydrogens is 430 g/mol. The molecule has 11 nitrogen and oxygen atoms in total. The Kier molecular flexibility index (Phi) is 12.3. The van der Waals surface area contributed by atoms with Crippen molar-refractivity contribution in [3.63, 3.8) is 0 Å². The van der Waals surface area contributed by atoms with Gasteiger partial charge in [-0.2, -0.15) is 0 Å². The molecule has 7 N–H and O–H groups in total. The number of benzene rings is 1. The minimum Gasteiger partial charge on any atom is -0.394 e. The fourth-order valence-corrected chi connectivity index (χ4v) is 2.96. The Hall–Kier alpha value is -3.31. The topological polar surface area (TPSA) is 180 Å². The van der Waals surface area contributed by atoms with Crippen LogP contribution < -0.4 is 27.0 Å². The van der Waals surface area contributed by atoms with E-state index in [1.54, 1.807) is 24.3 Å². The number of rotatable bonds is 14. The fourth-order valence-electron chi connectivity index (χ4n) is 2.96. The Morgan fingerprint density at radius 2 is 1.64 bits per heavy atom. The molecule has 0 saturated carbocycles. The van der Waals surface area contributed by atoms with E-state index in [9.17, 15) is 24.0 Å². The zero-order chi connectivity index (χ0) is 24.8. The molecule has 4 amide bonds. The van der Waals surface area contributed by atoms with E-state index in [0.717, 1.165) is 5.56 Å². The number of nitrogens with one attached hydrogen (secondary N) is 4. The monoisotopic (exact) mass is 463 g/mol. The lowest BCUT2D eigenvalue weighted by Gasteiger charge is -2.24. The Morgan fingerprint density at radius 3 is 2.18 bits per heavy atom. The number of hydrogen-bond acceptors (Lipinski definition) is 7. The van der Waals surface area contributed by atoms with E-state index in [-0.39, 0.29) is 18.9 Å². The normalized spacial score (nSPS) is 13.4. The lowest BCUT2D eigenvalue weighted by atomic mass is 10.0. The van der Waals surface area contributed by atoms with Crippen molar-refractivity contribution in [1.29, 1.82) is 0 Å². The van der Waals surface area contributed by atoms with Crippen LogP contribution in [0.25, 0.3) is 0 Å². The van der Waals surface area contributed by atoms with Crippen LogP contribution in [0.1, 0.15) is 25.8 Å². The number of nitrogens with two attached hydrogens (primary N) is 1. The summed E-state index contributed by atoms with van der Waals surface area (Å²) in [6.45, 7) is 2.48. The van der Waals surface area contributed by atoms with Crippen LogP contribution in [0.4, 0.5) is 0 Å². The van der Waals surface area contributed by atoms with Gasteiger partial charge in [-0.15, -0.1) is 0 Å². The zero-order valence-corrected chi connectivity index (χ0v) is 18.9. The van der Waals surface area contributed by atoms with Crippen LogP contribution in [0.5, 0.6) is 0 Å². The number of carbonyl (C=O) groups is 5. The Labute approximate surface area is 192 Å². The molecule has 0 aliphatic heterocycles. The summed E-state index contributed by atoms with van der Waals surface area (Å²) in [4.78, 5) is 60.1. The highest BCUT2D eigenvalue weighted by molar-refractivity contribution is 5.94. The maximum atomic E-state index is 12.9. The van der Waals surface area contributed by atoms with E-state index in [0.29, 0.717) is 12.7 Å². The summed E-state index contributed by atoms with van der Waals surface area (Å²) in [6.07, 6.45) is 0.865. The van der Waals surface area contributed by atoms with Gasteiger partial charge >= 0.3 is 0 Å². The molecule has 182 valence electrons. The third-order valence-electron chi connectivity index (χ3n) is 4.59. The Morgan fingerprint density at radius 1 is 0.970 bits per heavy atom. The molecule has 0 aromatic heterocycles. The molecule has 11 heteroatoms. The van der Waals surface area contributed by atoms with Gasteiger partial charge in [-0.25, -0.2) is 0 Å². The highest BCUT2D eigenvalue weighted by Crippen LogP contribution is 2.08. The van der Waals surface area contributed by atoms with Crippen LogP contribution in [0.2, 0.25) is 0 Å². The molecule has 1 rings (SSSR count). The van der Waals surface area contributed by atoms with E-state index in [1.165, 1.54) is 0 Å². The first-order chi connectivity index (χ1) is 15.7. The molecular formula is C22H33N5O6. The molecule has 0 aliphatic carbocycles. The van der Waals surface area contributed by atoms with Gasteiger partial charge in [-0.3, -0.25) is 19.2 Å². The van der Waals surface area contributed by atoms with Gasteiger partial charge < -0.3 is 36.9 Å². The van der Waals surface area contributed by atoms with Crippen LogP contribution in [-0.4, -0.2) is 72.8 Å². The van der Waals surface area contributed by atoms with Crippen molar-refractivity contribution in [1.82, 2.24) is 21.3 Å². The summed E-state index contributed by atoms with van der Waals surface area (Å²) in [5.74, 6) is -2.26. The first-order valence-electron chi connectivity index (χ1n) is 10.7. The van der Waals surface area contributed by atoms with Crippen LogP contribution in [0.15, 0.2) is 30.3 Å². The predicted molar refractivity (Wildman–Crippen MR) is 121 cm³/mol. The number of aliphatic hydroxyl groups excluding tert-OH is 1. The van der Waals surface area contributed by atoms with Gasteiger partial charge in [-0.05, 0) is 17.9 Å². The molecule has 0 unspecified atom stereocenters. The molecule has 0 bridgehead atoms. The highest BCUT2D eigenvalue weighted by atomic mass is 16.3. The van der Waals surface area contributed by atoms with Crippen molar-refractivity contribution < 1.29 is 29.1 Å². The quantitative estimate of drug-likeness (QED) is 0.173. The van der Waals surface area contributed by atoms with Crippen LogP contribution in [-0.2, 0) is 30.4 Å². The molecule has 1 aromatic rings. The Balaban J connectivity index is 2.92. The highest BCUT2D eigenvalue weighted by Gasteiger charge is 2.27. The largest absolute Gasteiger partial charge is 0.394 e. The van der Waals surface area contributed by atoms with Gasteiger partial charge in [0.1, 0.15) is 24.4 Å². The lowest BCUT2D eigenvalue weighted by Crippen LogP contribution is -2.56. The summed E-state index contributed by atoms with van der Waals surface area (Å²) in [5, 5.41) is 18.9. The van der Waals surface area contributed by atoms with Crippen molar-refractivity contribution in [3.05, 3.63) is 35.9 Å².